The number of carbonyl (C=O) groups is 1. The van der Waals surface area contributed by atoms with Crippen molar-refractivity contribution in [2.45, 2.75) is 12.0 Å². The Hall–Kier alpha value is -0.650. The molecule has 80 valence electrons. The molecule has 2 rings (SSSR count). The maximum Gasteiger partial charge on any atom is 0.240 e. The molecule has 14 heavy (non-hydrogen) atoms. The fourth-order valence-electron chi connectivity index (χ4n) is 2.25. The van der Waals surface area contributed by atoms with Crippen LogP contribution in [-0.4, -0.2) is 55.7 Å². The fourth-order valence-corrected chi connectivity index (χ4v) is 2.25. The van der Waals surface area contributed by atoms with E-state index in [2.05, 4.69) is 10.2 Å². The van der Waals surface area contributed by atoms with E-state index in [1.165, 1.54) is 0 Å². The van der Waals surface area contributed by atoms with Gasteiger partial charge in [-0.25, -0.2) is 0 Å². The Morgan fingerprint density at radius 1 is 1.43 bits per heavy atom. The van der Waals surface area contributed by atoms with Gasteiger partial charge < -0.3 is 15.8 Å². The third-order valence-corrected chi connectivity index (χ3v) is 3.18. The van der Waals surface area contributed by atoms with Crippen molar-refractivity contribution in [2.24, 2.45) is 5.73 Å². The van der Waals surface area contributed by atoms with Gasteiger partial charge in [0.05, 0.1) is 6.61 Å². The zero-order valence-corrected chi connectivity index (χ0v) is 8.29. The van der Waals surface area contributed by atoms with Crippen molar-refractivity contribution in [3.05, 3.63) is 0 Å². The van der Waals surface area contributed by atoms with Crippen molar-refractivity contribution in [1.29, 1.82) is 0 Å². The van der Waals surface area contributed by atoms with Gasteiger partial charge in [0.15, 0.2) is 0 Å². The van der Waals surface area contributed by atoms with E-state index in [0.29, 0.717) is 13.2 Å². The van der Waals surface area contributed by atoms with E-state index < -0.39 is 5.54 Å². The van der Waals surface area contributed by atoms with Crippen LogP contribution in [0, 0.1) is 0 Å². The van der Waals surface area contributed by atoms with Gasteiger partial charge in [0.2, 0.25) is 5.91 Å². The van der Waals surface area contributed by atoms with Gasteiger partial charge in [0, 0.05) is 39.2 Å². The summed E-state index contributed by atoms with van der Waals surface area (Å²) >= 11 is 0. The molecule has 2 saturated heterocycles. The standard InChI is InChI=1S/C9H17N3O2/c10-8(13)9(1-6-14-7-9)12-4-2-11-3-5-12/h11H,1-7H2,(H2,10,13)/t9-/m0/s1. The predicted molar refractivity (Wildman–Crippen MR) is 51.8 cm³/mol. The Kier molecular flexibility index (Phi) is 2.71. The third kappa shape index (κ3) is 1.51. The molecule has 2 heterocycles. The molecule has 2 fully saturated rings. The number of nitrogens with one attached hydrogen (secondary N) is 1. The molecule has 1 amide bonds. The van der Waals surface area contributed by atoms with Gasteiger partial charge >= 0.3 is 0 Å². The number of amides is 1. The van der Waals surface area contributed by atoms with E-state index in [9.17, 15) is 4.79 Å². The largest absolute Gasteiger partial charge is 0.379 e. The number of hydrogen-bond donors (Lipinski definition) is 2. The maximum atomic E-state index is 11.5. The van der Waals surface area contributed by atoms with Crippen LogP contribution in [0.3, 0.4) is 0 Å². The zero-order chi connectivity index (χ0) is 10.0. The summed E-state index contributed by atoms with van der Waals surface area (Å²) in [7, 11) is 0. The summed E-state index contributed by atoms with van der Waals surface area (Å²) in [5, 5.41) is 3.26. The summed E-state index contributed by atoms with van der Waals surface area (Å²) in [4.78, 5) is 13.7. The zero-order valence-electron chi connectivity index (χ0n) is 8.29. The lowest BCUT2D eigenvalue weighted by Gasteiger charge is -2.40. The molecule has 0 aromatic heterocycles. The van der Waals surface area contributed by atoms with Crippen molar-refractivity contribution < 1.29 is 9.53 Å². The van der Waals surface area contributed by atoms with Crippen LogP contribution in [0.2, 0.25) is 0 Å². The number of carbonyl (C=O) groups excluding carboxylic acids is 1. The molecule has 0 saturated carbocycles. The Morgan fingerprint density at radius 3 is 2.64 bits per heavy atom. The minimum absolute atomic E-state index is 0.239. The quantitative estimate of drug-likeness (QED) is 0.570. The van der Waals surface area contributed by atoms with E-state index in [4.69, 9.17) is 10.5 Å². The molecule has 0 aromatic rings. The molecule has 0 spiro atoms. The van der Waals surface area contributed by atoms with Gasteiger partial charge in [-0.3, -0.25) is 9.69 Å². The summed E-state index contributed by atoms with van der Waals surface area (Å²) in [5.74, 6) is -0.239. The summed E-state index contributed by atoms with van der Waals surface area (Å²) in [6, 6.07) is 0. The van der Waals surface area contributed by atoms with Crippen molar-refractivity contribution in [3.63, 3.8) is 0 Å². The number of rotatable bonds is 2. The minimum Gasteiger partial charge on any atom is -0.379 e. The second-order valence-electron chi connectivity index (χ2n) is 3.94. The first-order valence-electron chi connectivity index (χ1n) is 5.09. The Bertz CT molecular complexity index is 220. The highest BCUT2D eigenvalue weighted by molar-refractivity contribution is 5.85. The Morgan fingerprint density at radius 2 is 2.14 bits per heavy atom. The molecular weight excluding hydrogens is 182 g/mol. The van der Waals surface area contributed by atoms with E-state index in [1.807, 2.05) is 0 Å². The lowest BCUT2D eigenvalue weighted by molar-refractivity contribution is -0.131. The summed E-state index contributed by atoms with van der Waals surface area (Å²) in [6.45, 7) is 4.72. The molecule has 0 bridgehead atoms. The molecule has 0 aromatic carbocycles. The summed E-state index contributed by atoms with van der Waals surface area (Å²) < 4.78 is 5.31. The van der Waals surface area contributed by atoms with Crippen LogP contribution in [-0.2, 0) is 9.53 Å². The number of nitrogens with zero attached hydrogens (tertiary/aromatic N) is 1. The van der Waals surface area contributed by atoms with Crippen LogP contribution in [0.4, 0.5) is 0 Å². The lowest BCUT2D eigenvalue weighted by atomic mass is 9.94. The molecule has 3 N–H and O–H groups in total. The SMILES string of the molecule is NC(=O)[C@]1(N2CCNCC2)CCOC1. The van der Waals surface area contributed by atoms with Gasteiger partial charge in [-0.05, 0) is 0 Å². The van der Waals surface area contributed by atoms with E-state index in [0.717, 1.165) is 32.6 Å². The lowest BCUT2D eigenvalue weighted by Crippen LogP contribution is -2.62. The van der Waals surface area contributed by atoms with Crippen LogP contribution in [0.1, 0.15) is 6.42 Å². The number of primary amides is 1. The molecule has 0 radical (unpaired) electrons. The predicted octanol–water partition coefficient (Wildman–Crippen LogP) is -1.46. The molecular formula is C9H17N3O2. The van der Waals surface area contributed by atoms with E-state index in [-0.39, 0.29) is 5.91 Å². The summed E-state index contributed by atoms with van der Waals surface area (Å²) in [6.07, 6.45) is 0.738. The molecule has 5 heteroatoms. The van der Waals surface area contributed by atoms with Crippen molar-refractivity contribution in [2.75, 3.05) is 39.4 Å². The maximum absolute atomic E-state index is 11.5. The average molecular weight is 199 g/mol. The van der Waals surface area contributed by atoms with Gasteiger partial charge in [-0.1, -0.05) is 0 Å². The second-order valence-corrected chi connectivity index (χ2v) is 3.94. The first-order valence-corrected chi connectivity index (χ1v) is 5.09. The first kappa shape index (κ1) is 9.89. The van der Waals surface area contributed by atoms with Crippen LogP contribution >= 0.6 is 0 Å². The number of piperazine rings is 1. The highest BCUT2D eigenvalue weighted by atomic mass is 16.5. The van der Waals surface area contributed by atoms with Crippen LogP contribution in [0.25, 0.3) is 0 Å². The number of nitrogens with two attached hydrogens (primary N) is 1. The molecule has 5 nitrogen and oxygen atoms in total. The normalized spacial score (nSPS) is 34.6. The average Bonchev–Trinajstić information content (AvgIpc) is 2.69. The fraction of sp³-hybridized carbons (Fsp3) is 0.889. The van der Waals surface area contributed by atoms with Gasteiger partial charge in [-0.2, -0.15) is 0 Å². The second kappa shape index (κ2) is 3.84. The highest BCUT2D eigenvalue weighted by Crippen LogP contribution is 2.26. The Labute approximate surface area is 83.6 Å². The highest BCUT2D eigenvalue weighted by Gasteiger charge is 2.46. The molecule has 1 atom stereocenters. The van der Waals surface area contributed by atoms with Crippen molar-refractivity contribution >= 4 is 5.91 Å². The van der Waals surface area contributed by atoms with Crippen LogP contribution in [0.15, 0.2) is 0 Å². The van der Waals surface area contributed by atoms with Gasteiger partial charge in [0.1, 0.15) is 5.54 Å². The van der Waals surface area contributed by atoms with Crippen molar-refractivity contribution in [1.82, 2.24) is 10.2 Å². The molecule has 2 aliphatic heterocycles. The van der Waals surface area contributed by atoms with E-state index in [1.54, 1.807) is 0 Å². The monoisotopic (exact) mass is 199 g/mol. The van der Waals surface area contributed by atoms with Crippen LogP contribution < -0.4 is 11.1 Å². The minimum atomic E-state index is -0.526. The topological polar surface area (TPSA) is 67.6 Å². The van der Waals surface area contributed by atoms with Crippen LogP contribution in [0.5, 0.6) is 0 Å². The molecule has 2 aliphatic rings. The van der Waals surface area contributed by atoms with Gasteiger partial charge in [0.25, 0.3) is 0 Å². The smallest absolute Gasteiger partial charge is 0.240 e. The number of hydrogen-bond acceptors (Lipinski definition) is 4. The van der Waals surface area contributed by atoms with E-state index >= 15 is 0 Å². The van der Waals surface area contributed by atoms with Gasteiger partial charge in [-0.15, -0.1) is 0 Å². The number of ether oxygens (including phenoxy) is 1. The summed E-state index contributed by atoms with van der Waals surface area (Å²) in [5.41, 5.74) is 4.96. The van der Waals surface area contributed by atoms with Crippen molar-refractivity contribution in [3.8, 4) is 0 Å². The first-order chi connectivity index (χ1) is 6.76. The Balaban J connectivity index is 2.12. The molecule has 0 aliphatic carbocycles. The third-order valence-electron chi connectivity index (χ3n) is 3.18. The molecule has 0 unspecified atom stereocenters.